The predicted molar refractivity (Wildman–Crippen MR) is 83.4 cm³/mol. The lowest BCUT2D eigenvalue weighted by Crippen LogP contribution is -2.37. The Hall–Kier alpha value is -0.650. The van der Waals surface area contributed by atoms with E-state index in [2.05, 4.69) is 18.7 Å². The summed E-state index contributed by atoms with van der Waals surface area (Å²) >= 11 is 1.64. The molecule has 1 atom stereocenters. The molecule has 1 aliphatic carbocycles. The first kappa shape index (κ1) is 15.7. The standard InChI is InChI=1S/C15H26N2O2S/c1-4-5-13-14(10-18)20-15(16-13)17(8-9-19-3)11(2)12-6-7-12/h11-12,18H,4-10H2,1-3H3. The summed E-state index contributed by atoms with van der Waals surface area (Å²) in [6.07, 6.45) is 4.66. The molecule has 0 radical (unpaired) electrons. The Morgan fingerprint density at radius 2 is 2.25 bits per heavy atom. The van der Waals surface area contributed by atoms with Gasteiger partial charge in [0.2, 0.25) is 0 Å². The quantitative estimate of drug-likeness (QED) is 0.761. The highest BCUT2D eigenvalue weighted by atomic mass is 32.1. The molecule has 0 aliphatic heterocycles. The number of nitrogens with zero attached hydrogens (tertiary/aromatic N) is 2. The molecule has 0 amide bonds. The minimum atomic E-state index is 0.100. The first-order chi connectivity index (χ1) is 9.71. The van der Waals surface area contributed by atoms with Crippen molar-refractivity contribution in [1.82, 2.24) is 4.98 Å². The Morgan fingerprint density at radius 1 is 1.50 bits per heavy atom. The summed E-state index contributed by atoms with van der Waals surface area (Å²) in [5, 5.41) is 10.6. The molecule has 1 N–H and O–H groups in total. The summed E-state index contributed by atoms with van der Waals surface area (Å²) in [7, 11) is 1.74. The maximum absolute atomic E-state index is 9.50. The number of hydrogen-bond acceptors (Lipinski definition) is 5. The Morgan fingerprint density at radius 3 is 2.80 bits per heavy atom. The van der Waals surface area contributed by atoms with Gasteiger partial charge in [0.05, 0.1) is 23.8 Å². The smallest absolute Gasteiger partial charge is 0.186 e. The lowest BCUT2D eigenvalue weighted by atomic mass is 10.2. The topological polar surface area (TPSA) is 45.6 Å². The highest BCUT2D eigenvalue weighted by Gasteiger charge is 2.33. The molecular formula is C15H26N2O2S. The number of aliphatic hydroxyl groups is 1. The Labute approximate surface area is 125 Å². The number of thiazole rings is 1. The number of ether oxygens (including phenoxy) is 1. The SMILES string of the molecule is CCCc1nc(N(CCOC)C(C)C2CC2)sc1CO. The molecule has 1 unspecified atom stereocenters. The van der Waals surface area contributed by atoms with Crippen LogP contribution < -0.4 is 4.90 Å². The van der Waals surface area contributed by atoms with Gasteiger partial charge in [0.15, 0.2) is 5.13 Å². The zero-order chi connectivity index (χ0) is 14.5. The zero-order valence-corrected chi connectivity index (χ0v) is 13.6. The van der Waals surface area contributed by atoms with E-state index in [-0.39, 0.29) is 6.61 Å². The van der Waals surface area contributed by atoms with Crippen LogP contribution in [-0.4, -0.2) is 36.4 Å². The van der Waals surface area contributed by atoms with Crippen molar-refractivity contribution < 1.29 is 9.84 Å². The van der Waals surface area contributed by atoms with Crippen molar-refractivity contribution in [1.29, 1.82) is 0 Å². The summed E-state index contributed by atoms with van der Waals surface area (Å²) in [4.78, 5) is 8.17. The van der Waals surface area contributed by atoms with E-state index in [1.807, 2.05) is 0 Å². The van der Waals surface area contributed by atoms with Crippen molar-refractivity contribution >= 4 is 16.5 Å². The molecule has 0 bridgehead atoms. The van der Waals surface area contributed by atoms with E-state index in [9.17, 15) is 5.11 Å². The van der Waals surface area contributed by atoms with Gasteiger partial charge in [0, 0.05) is 19.7 Å². The molecular weight excluding hydrogens is 272 g/mol. The van der Waals surface area contributed by atoms with Crippen LogP contribution in [0.3, 0.4) is 0 Å². The van der Waals surface area contributed by atoms with E-state index in [0.717, 1.165) is 41.0 Å². The minimum absolute atomic E-state index is 0.100. The Bertz CT molecular complexity index is 418. The largest absolute Gasteiger partial charge is 0.391 e. The van der Waals surface area contributed by atoms with E-state index < -0.39 is 0 Å². The van der Waals surface area contributed by atoms with Gasteiger partial charge in [-0.3, -0.25) is 0 Å². The summed E-state index contributed by atoms with van der Waals surface area (Å²) in [6.45, 7) is 6.12. The molecule has 114 valence electrons. The lowest BCUT2D eigenvalue weighted by molar-refractivity contribution is 0.202. The molecule has 1 aliphatic rings. The van der Waals surface area contributed by atoms with Crippen LogP contribution in [-0.2, 0) is 17.8 Å². The van der Waals surface area contributed by atoms with Gasteiger partial charge in [-0.05, 0) is 32.1 Å². The lowest BCUT2D eigenvalue weighted by Gasteiger charge is -2.28. The van der Waals surface area contributed by atoms with E-state index in [1.54, 1.807) is 18.4 Å². The van der Waals surface area contributed by atoms with Gasteiger partial charge in [-0.15, -0.1) is 0 Å². The summed E-state index contributed by atoms with van der Waals surface area (Å²) < 4.78 is 5.24. The van der Waals surface area contributed by atoms with Crippen LogP contribution in [0.25, 0.3) is 0 Å². The average molecular weight is 298 g/mol. The molecule has 20 heavy (non-hydrogen) atoms. The maximum Gasteiger partial charge on any atom is 0.186 e. The van der Waals surface area contributed by atoms with Crippen LogP contribution in [0.4, 0.5) is 5.13 Å². The fourth-order valence-electron chi connectivity index (χ4n) is 2.54. The second-order valence-electron chi connectivity index (χ2n) is 5.54. The molecule has 4 nitrogen and oxygen atoms in total. The fourth-order valence-corrected chi connectivity index (χ4v) is 3.63. The van der Waals surface area contributed by atoms with Crippen molar-refractivity contribution in [2.45, 2.75) is 52.2 Å². The second kappa shape index (κ2) is 7.38. The van der Waals surface area contributed by atoms with Crippen molar-refractivity contribution in [3.05, 3.63) is 10.6 Å². The van der Waals surface area contributed by atoms with E-state index in [0.29, 0.717) is 12.6 Å². The minimum Gasteiger partial charge on any atom is -0.391 e. The number of aryl methyl sites for hydroxylation is 1. The third-order valence-electron chi connectivity index (χ3n) is 3.98. The van der Waals surface area contributed by atoms with Gasteiger partial charge in [-0.25, -0.2) is 4.98 Å². The summed E-state index contributed by atoms with van der Waals surface area (Å²) in [6, 6.07) is 0.511. The predicted octanol–water partition coefficient (Wildman–Crippen LogP) is 2.84. The fraction of sp³-hybridized carbons (Fsp3) is 0.800. The zero-order valence-electron chi connectivity index (χ0n) is 12.8. The first-order valence-corrected chi connectivity index (χ1v) is 8.37. The molecule has 0 saturated heterocycles. The molecule has 5 heteroatoms. The number of aliphatic hydroxyl groups excluding tert-OH is 1. The van der Waals surface area contributed by atoms with Crippen LogP contribution in [0.2, 0.25) is 0 Å². The monoisotopic (exact) mass is 298 g/mol. The third-order valence-corrected chi connectivity index (χ3v) is 5.09. The van der Waals surface area contributed by atoms with Gasteiger partial charge in [-0.2, -0.15) is 0 Å². The normalized spacial score (nSPS) is 16.4. The number of aromatic nitrogens is 1. The van der Waals surface area contributed by atoms with Crippen molar-refractivity contribution in [3.63, 3.8) is 0 Å². The Balaban J connectivity index is 2.17. The Kier molecular flexibility index (Phi) is 5.81. The molecule has 1 heterocycles. The van der Waals surface area contributed by atoms with Crippen LogP contribution in [0.1, 0.15) is 43.7 Å². The van der Waals surface area contributed by atoms with Crippen LogP contribution in [0.15, 0.2) is 0 Å². The average Bonchev–Trinajstić information content (AvgIpc) is 3.22. The van der Waals surface area contributed by atoms with Crippen LogP contribution >= 0.6 is 11.3 Å². The van der Waals surface area contributed by atoms with Crippen molar-refractivity contribution in [3.8, 4) is 0 Å². The van der Waals surface area contributed by atoms with Crippen molar-refractivity contribution in [2.75, 3.05) is 25.2 Å². The number of methoxy groups -OCH3 is 1. The molecule has 1 saturated carbocycles. The summed E-state index contributed by atoms with van der Waals surface area (Å²) in [5.41, 5.74) is 1.07. The second-order valence-corrected chi connectivity index (χ2v) is 6.60. The van der Waals surface area contributed by atoms with E-state index in [1.165, 1.54) is 12.8 Å². The van der Waals surface area contributed by atoms with E-state index >= 15 is 0 Å². The number of anilines is 1. The molecule has 2 rings (SSSR count). The molecule has 1 fully saturated rings. The van der Waals surface area contributed by atoms with Gasteiger partial charge in [-0.1, -0.05) is 24.7 Å². The van der Waals surface area contributed by atoms with Gasteiger partial charge >= 0.3 is 0 Å². The third kappa shape index (κ3) is 3.71. The molecule has 0 aromatic carbocycles. The summed E-state index contributed by atoms with van der Waals surface area (Å²) in [5.74, 6) is 0.794. The van der Waals surface area contributed by atoms with Crippen molar-refractivity contribution in [2.24, 2.45) is 5.92 Å². The van der Waals surface area contributed by atoms with E-state index in [4.69, 9.17) is 9.72 Å². The highest BCUT2D eigenvalue weighted by molar-refractivity contribution is 7.15. The highest BCUT2D eigenvalue weighted by Crippen LogP contribution is 2.38. The van der Waals surface area contributed by atoms with Crippen LogP contribution in [0, 0.1) is 5.92 Å². The maximum atomic E-state index is 9.50. The molecule has 1 aromatic heterocycles. The number of rotatable bonds is 9. The van der Waals surface area contributed by atoms with Gasteiger partial charge < -0.3 is 14.7 Å². The molecule has 1 aromatic rings. The van der Waals surface area contributed by atoms with Crippen LogP contribution in [0.5, 0.6) is 0 Å². The first-order valence-electron chi connectivity index (χ1n) is 7.56. The number of hydrogen-bond donors (Lipinski definition) is 1. The molecule has 0 spiro atoms. The van der Waals surface area contributed by atoms with Gasteiger partial charge in [0.1, 0.15) is 0 Å². The van der Waals surface area contributed by atoms with Gasteiger partial charge in [0.25, 0.3) is 0 Å².